The van der Waals surface area contributed by atoms with Gasteiger partial charge in [-0.1, -0.05) is 48.5 Å². The van der Waals surface area contributed by atoms with Crippen molar-refractivity contribution in [3.8, 4) is 0 Å². The third-order valence-corrected chi connectivity index (χ3v) is 4.86. The number of nitrogens with zero attached hydrogens (tertiary/aromatic N) is 1. The average Bonchev–Trinajstić information content (AvgIpc) is 2.62. The number of benzene rings is 2. The van der Waals surface area contributed by atoms with Gasteiger partial charge < -0.3 is 10.6 Å². The van der Waals surface area contributed by atoms with Gasteiger partial charge in [0, 0.05) is 18.5 Å². The van der Waals surface area contributed by atoms with E-state index in [1.165, 1.54) is 37.9 Å². The van der Waals surface area contributed by atoms with Gasteiger partial charge in [-0.05, 0) is 55.5 Å². The maximum absolute atomic E-state index is 7.53. The summed E-state index contributed by atoms with van der Waals surface area (Å²) < 4.78 is 0. The zero-order valence-corrected chi connectivity index (χ0v) is 14.1. The predicted octanol–water partition coefficient (Wildman–Crippen LogP) is 3.48. The van der Waals surface area contributed by atoms with Gasteiger partial charge in [-0.3, -0.25) is 5.41 Å². The molecule has 3 rings (SSSR count). The molecule has 3 nitrogen and oxygen atoms in total. The topological polar surface area (TPSA) is 53.1 Å². The van der Waals surface area contributed by atoms with Crippen molar-refractivity contribution in [1.82, 2.24) is 4.90 Å². The summed E-state index contributed by atoms with van der Waals surface area (Å²) in [5, 5.41) is 7.53. The average molecular weight is 320 g/mol. The second-order valence-corrected chi connectivity index (χ2v) is 6.68. The molecule has 3 heteroatoms. The number of rotatable bonds is 6. The summed E-state index contributed by atoms with van der Waals surface area (Å²) in [5.74, 6) is 0.941. The van der Waals surface area contributed by atoms with E-state index in [2.05, 4.69) is 47.7 Å². The molecule has 125 valence electrons. The molecule has 24 heavy (non-hydrogen) atoms. The van der Waals surface area contributed by atoms with E-state index in [0.717, 1.165) is 23.6 Å². The fourth-order valence-electron chi connectivity index (χ4n) is 3.39. The van der Waals surface area contributed by atoms with Crippen LogP contribution in [0.1, 0.15) is 29.5 Å². The number of hydrogen-bond donors (Lipinski definition) is 2. The lowest BCUT2D eigenvalue weighted by molar-refractivity contribution is 0.196. The quantitative estimate of drug-likeness (QED) is 0.632. The Kier molecular flexibility index (Phi) is 5.65. The van der Waals surface area contributed by atoms with Crippen LogP contribution in [0.4, 0.5) is 0 Å². The van der Waals surface area contributed by atoms with Crippen LogP contribution in [-0.2, 0) is 6.42 Å². The van der Waals surface area contributed by atoms with Crippen molar-refractivity contribution >= 4 is 5.84 Å². The number of hydrogen-bond acceptors (Lipinski definition) is 2. The monoisotopic (exact) mass is 320 g/mol. The molecule has 0 aromatic heterocycles. The first-order valence-corrected chi connectivity index (χ1v) is 8.74. The second kappa shape index (κ2) is 8.11. The minimum Gasteiger partial charge on any atom is -0.384 e. The van der Waals surface area contributed by atoms with Crippen molar-refractivity contribution < 1.29 is 0 Å². The van der Waals surface area contributed by atoms with Gasteiger partial charge in [-0.2, -0.15) is 0 Å². The van der Waals surface area contributed by atoms with E-state index in [0.29, 0.717) is 0 Å². The highest BCUT2D eigenvalue weighted by molar-refractivity contribution is 5.95. The van der Waals surface area contributed by atoms with Crippen molar-refractivity contribution in [1.29, 1.82) is 5.41 Å². The van der Waals surface area contributed by atoms with Crippen molar-refractivity contribution in [2.45, 2.75) is 19.3 Å². The molecule has 0 unspecified atom stereocenters. The molecule has 0 spiro atoms. The number of nitrogens with two attached hydrogens (primary N) is 1. The Morgan fingerprint density at radius 1 is 1.08 bits per heavy atom. The highest BCUT2D eigenvalue weighted by Crippen LogP contribution is 2.22. The molecular weight excluding hydrogens is 294 g/mol. The lowest BCUT2D eigenvalue weighted by Crippen LogP contribution is -2.35. The lowest BCUT2D eigenvalue weighted by Gasteiger charge is -2.32. The Morgan fingerprint density at radius 3 is 2.54 bits per heavy atom. The molecule has 1 radical (unpaired) electrons. The number of piperidine rings is 1. The maximum Gasteiger partial charge on any atom is 0.122 e. The van der Waals surface area contributed by atoms with Gasteiger partial charge in [0.05, 0.1) is 0 Å². The van der Waals surface area contributed by atoms with Gasteiger partial charge in [-0.25, -0.2) is 0 Å². The highest BCUT2D eigenvalue weighted by atomic mass is 15.1. The van der Waals surface area contributed by atoms with E-state index >= 15 is 0 Å². The van der Waals surface area contributed by atoms with Gasteiger partial charge in [0.2, 0.25) is 0 Å². The zero-order valence-electron chi connectivity index (χ0n) is 14.1. The van der Waals surface area contributed by atoms with Gasteiger partial charge in [-0.15, -0.1) is 0 Å². The van der Waals surface area contributed by atoms with Crippen LogP contribution in [0.5, 0.6) is 0 Å². The van der Waals surface area contributed by atoms with Gasteiger partial charge >= 0.3 is 0 Å². The molecular formula is C21H26N3. The number of nitrogens with one attached hydrogen (secondary N) is 1. The van der Waals surface area contributed by atoms with Crippen LogP contribution in [0.3, 0.4) is 0 Å². The fraction of sp³-hybridized carbons (Fsp3) is 0.333. The number of nitrogen functional groups attached to an aromatic ring is 1. The zero-order chi connectivity index (χ0) is 16.8. The molecule has 3 N–H and O–H groups in total. The lowest BCUT2D eigenvalue weighted by atomic mass is 9.90. The van der Waals surface area contributed by atoms with E-state index in [1.807, 2.05) is 18.2 Å². The summed E-state index contributed by atoms with van der Waals surface area (Å²) in [6.45, 7) is 3.31. The molecule has 1 fully saturated rings. The number of amidine groups is 1. The van der Waals surface area contributed by atoms with Crippen LogP contribution >= 0.6 is 0 Å². The van der Waals surface area contributed by atoms with E-state index in [4.69, 9.17) is 11.1 Å². The van der Waals surface area contributed by atoms with Gasteiger partial charge in [0.25, 0.3) is 0 Å². The Morgan fingerprint density at radius 2 is 1.83 bits per heavy atom. The van der Waals surface area contributed by atoms with E-state index in [-0.39, 0.29) is 5.84 Å². The van der Waals surface area contributed by atoms with Crippen molar-refractivity contribution in [2.24, 2.45) is 11.7 Å². The van der Waals surface area contributed by atoms with Crippen LogP contribution < -0.4 is 5.73 Å². The fourth-order valence-corrected chi connectivity index (χ4v) is 3.39. The molecule has 1 aliphatic heterocycles. The van der Waals surface area contributed by atoms with Crippen LogP contribution in [0.25, 0.3) is 0 Å². The summed E-state index contributed by atoms with van der Waals surface area (Å²) in [6, 6.07) is 18.7. The van der Waals surface area contributed by atoms with E-state index in [9.17, 15) is 0 Å². The van der Waals surface area contributed by atoms with Crippen LogP contribution in [0.2, 0.25) is 0 Å². The summed E-state index contributed by atoms with van der Waals surface area (Å²) in [5.41, 5.74) is 8.96. The number of likely N-dealkylation sites (tertiary alicyclic amines) is 1. The molecule has 0 aliphatic carbocycles. The van der Waals surface area contributed by atoms with Crippen LogP contribution in [0, 0.1) is 17.7 Å². The third kappa shape index (κ3) is 4.68. The molecule has 2 aromatic carbocycles. The Labute approximate surface area is 145 Å². The minimum atomic E-state index is 0.131. The molecule has 0 saturated carbocycles. The van der Waals surface area contributed by atoms with Crippen LogP contribution in [-0.4, -0.2) is 30.4 Å². The highest BCUT2D eigenvalue weighted by Gasteiger charge is 2.19. The van der Waals surface area contributed by atoms with Gasteiger partial charge in [0.15, 0.2) is 0 Å². The van der Waals surface area contributed by atoms with Crippen molar-refractivity contribution in [3.05, 3.63) is 77.7 Å². The van der Waals surface area contributed by atoms with Crippen LogP contribution in [0.15, 0.2) is 54.6 Å². The summed E-state index contributed by atoms with van der Waals surface area (Å²) >= 11 is 0. The Bertz CT molecular complexity index is 658. The molecule has 0 bridgehead atoms. The Balaban J connectivity index is 1.44. The molecule has 1 heterocycles. The molecule has 1 saturated heterocycles. The first-order chi connectivity index (χ1) is 11.7. The third-order valence-electron chi connectivity index (χ3n) is 4.86. The molecule has 2 aromatic rings. The first kappa shape index (κ1) is 16.7. The summed E-state index contributed by atoms with van der Waals surface area (Å²) in [7, 11) is 0. The molecule has 0 atom stereocenters. The van der Waals surface area contributed by atoms with E-state index < -0.39 is 0 Å². The smallest absolute Gasteiger partial charge is 0.122 e. The van der Waals surface area contributed by atoms with Gasteiger partial charge in [0.1, 0.15) is 5.84 Å². The standard InChI is InChI=1S/C21H26N3/c22-21(23)20-8-4-7-18(16-20)9-12-24-13-10-19(11-14-24)15-17-5-2-1-3-6-17/h1-9,16,19H,10-15H2,(H3,22,23). The molecule has 0 amide bonds. The Hall–Kier alpha value is -2.13. The predicted molar refractivity (Wildman–Crippen MR) is 100 cm³/mol. The van der Waals surface area contributed by atoms with Crippen molar-refractivity contribution in [3.63, 3.8) is 0 Å². The second-order valence-electron chi connectivity index (χ2n) is 6.68. The largest absolute Gasteiger partial charge is 0.384 e. The minimum absolute atomic E-state index is 0.131. The maximum atomic E-state index is 7.53. The molecule has 1 aliphatic rings. The first-order valence-electron chi connectivity index (χ1n) is 8.74. The van der Waals surface area contributed by atoms with E-state index in [1.54, 1.807) is 0 Å². The normalized spacial score (nSPS) is 16.2. The van der Waals surface area contributed by atoms with Crippen molar-refractivity contribution in [2.75, 3.05) is 19.6 Å². The summed E-state index contributed by atoms with van der Waals surface area (Å²) in [6.07, 6.45) is 6.00. The SMILES string of the molecule is N=C(N)c1cccc([CH]CN2CCC(Cc3ccccc3)CC2)c1. The summed E-state index contributed by atoms with van der Waals surface area (Å²) in [4.78, 5) is 2.52.